The normalized spacial score (nSPS) is 10.5. The van der Waals surface area contributed by atoms with Crippen LogP contribution < -0.4 is 10.1 Å². The van der Waals surface area contributed by atoms with E-state index >= 15 is 0 Å². The molecule has 1 amide bonds. The lowest BCUT2D eigenvalue weighted by molar-refractivity contribution is -0.105. The highest BCUT2D eigenvalue weighted by Crippen LogP contribution is 2.27. The van der Waals surface area contributed by atoms with E-state index in [1.54, 1.807) is 30.3 Å². The number of anilines is 1. The van der Waals surface area contributed by atoms with Gasteiger partial charge in [-0.15, -0.1) is 0 Å². The van der Waals surface area contributed by atoms with Crippen molar-refractivity contribution >= 4 is 44.9 Å². The SMILES string of the molecule is O=CNc1ccc(OC(=O)c2cc(-c3ccc(Br)cc3)nc3ccccc23)cc1. The third kappa shape index (κ3) is 4.17. The number of rotatable bonds is 5. The van der Waals surface area contributed by atoms with E-state index in [1.807, 2.05) is 48.5 Å². The second-order valence-corrected chi connectivity index (χ2v) is 7.17. The first-order valence-electron chi connectivity index (χ1n) is 8.82. The van der Waals surface area contributed by atoms with Gasteiger partial charge in [0.1, 0.15) is 5.75 Å². The summed E-state index contributed by atoms with van der Waals surface area (Å²) in [5.41, 5.74) is 3.35. The van der Waals surface area contributed by atoms with Crippen molar-refractivity contribution in [2.75, 3.05) is 5.32 Å². The molecule has 0 aliphatic carbocycles. The second-order valence-electron chi connectivity index (χ2n) is 6.26. The molecule has 1 heterocycles. The summed E-state index contributed by atoms with van der Waals surface area (Å²) in [5, 5.41) is 3.26. The summed E-state index contributed by atoms with van der Waals surface area (Å²) in [6.45, 7) is 0. The molecule has 6 heteroatoms. The van der Waals surface area contributed by atoms with Crippen LogP contribution in [0.25, 0.3) is 22.2 Å². The molecule has 0 saturated heterocycles. The van der Waals surface area contributed by atoms with Crippen molar-refractivity contribution in [2.24, 2.45) is 0 Å². The standard InChI is InChI=1S/C23H15BrN2O3/c24-16-7-5-15(6-8-16)22-13-20(19-3-1-2-4-21(19)26-22)23(28)29-18-11-9-17(10-12-18)25-14-27/h1-14H,(H,25,27). The van der Waals surface area contributed by atoms with Gasteiger partial charge in [0.25, 0.3) is 0 Å². The van der Waals surface area contributed by atoms with Crippen molar-refractivity contribution in [3.8, 4) is 17.0 Å². The summed E-state index contributed by atoms with van der Waals surface area (Å²) < 4.78 is 6.53. The molecule has 0 fully saturated rings. The molecule has 5 nitrogen and oxygen atoms in total. The van der Waals surface area contributed by atoms with Crippen LogP contribution in [-0.2, 0) is 4.79 Å². The summed E-state index contributed by atoms with van der Waals surface area (Å²) in [4.78, 5) is 28.1. The van der Waals surface area contributed by atoms with E-state index in [4.69, 9.17) is 9.72 Å². The lowest BCUT2D eigenvalue weighted by Crippen LogP contribution is -2.10. The minimum atomic E-state index is -0.474. The van der Waals surface area contributed by atoms with E-state index in [1.165, 1.54) is 0 Å². The van der Waals surface area contributed by atoms with Crippen molar-refractivity contribution in [1.82, 2.24) is 4.98 Å². The van der Waals surface area contributed by atoms with E-state index in [0.717, 1.165) is 15.4 Å². The first kappa shape index (κ1) is 18.8. The Morgan fingerprint density at radius 1 is 0.966 bits per heavy atom. The highest BCUT2D eigenvalue weighted by atomic mass is 79.9. The van der Waals surface area contributed by atoms with Crippen molar-refractivity contribution in [3.05, 3.63) is 88.9 Å². The largest absolute Gasteiger partial charge is 0.423 e. The predicted octanol–water partition coefficient (Wildman–Crippen LogP) is 5.45. The molecule has 0 bridgehead atoms. The quantitative estimate of drug-likeness (QED) is 0.251. The molecular formula is C23H15BrN2O3. The molecule has 142 valence electrons. The molecule has 0 radical (unpaired) electrons. The number of halogens is 1. The number of hydrogen-bond acceptors (Lipinski definition) is 4. The summed E-state index contributed by atoms with van der Waals surface area (Å²) in [5.74, 6) is -0.0874. The number of carbonyl (C=O) groups is 2. The van der Waals surface area contributed by atoms with Crippen LogP contribution in [0, 0.1) is 0 Å². The van der Waals surface area contributed by atoms with E-state index in [2.05, 4.69) is 21.2 Å². The Morgan fingerprint density at radius 3 is 2.41 bits per heavy atom. The highest BCUT2D eigenvalue weighted by molar-refractivity contribution is 9.10. The van der Waals surface area contributed by atoms with Crippen molar-refractivity contribution < 1.29 is 14.3 Å². The average molecular weight is 447 g/mol. The van der Waals surface area contributed by atoms with Gasteiger partial charge in [-0.1, -0.05) is 46.3 Å². The number of esters is 1. The lowest BCUT2D eigenvalue weighted by Gasteiger charge is -2.10. The van der Waals surface area contributed by atoms with Gasteiger partial charge in [0.15, 0.2) is 0 Å². The zero-order valence-electron chi connectivity index (χ0n) is 15.1. The Bertz CT molecular complexity index is 1190. The van der Waals surface area contributed by atoms with Gasteiger partial charge in [-0.25, -0.2) is 9.78 Å². The first-order chi connectivity index (χ1) is 14.1. The molecule has 0 atom stereocenters. The van der Waals surface area contributed by atoms with Crippen molar-refractivity contribution in [3.63, 3.8) is 0 Å². The van der Waals surface area contributed by atoms with Gasteiger partial charge in [0.2, 0.25) is 6.41 Å². The maximum Gasteiger partial charge on any atom is 0.344 e. The smallest absolute Gasteiger partial charge is 0.344 e. The minimum absolute atomic E-state index is 0.387. The number of hydrogen-bond donors (Lipinski definition) is 1. The van der Waals surface area contributed by atoms with Crippen LogP contribution in [0.15, 0.2) is 83.3 Å². The molecule has 0 spiro atoms. The van der Waals surface area contributed by atoms with Gasteiger partial charge >= 0.3 is 5.97 Å². The third-order valence-corrected chi connectivity index (χ3v) is 4.90. The Labute approximate surface area is 175 Å². The van der Waals surface area contributed by atoms with Crippen molar-refractivity contribution in [1.29, 1.82) is 0 Å². The van der Waals surface area contributed by atoms with Gasteiger partial charge in [0, 0.05) is 21.1 Å². The number of carbonyl (C=O) groups excluding carboxylic acids is 2. The maximum atomic E-state index is 12.9. The van der Waals surface area contributed by atoms with Crippen LogP contribution >= 0.6 is 15.9 Å². The molecule has 3 aromatic carbocycles. The summed E-state index contributed by atoms with van der Waals surface area (Å²) in [7, 11) is 0. The van der Waals surface area contributed by atoms with E-state index in [-0.39, 0.29) is 0 Å². The Balaban J connectivity index is 1.72. The van der Waals surface area contributed by atoms with E-state index in [9.17, 15) is 9.59 Å². The molecule has 0 unspecified atom stereocenters. The fourth-order valence-electron chi connectivity index (χ4n) is 2.96. The van der Waals surface area contributed by atoms with E-state index in [0.29, 0.717) is 34.6 Å². The van der Waals surface area contributed by atoms with Gasteiger partial charge in [-0.2, -0.15) is 0 Å². The summed E-state index contributed by atoms with van der Waals surface area (Å²) in [6.07, 6.45) is 0.591. The Morgan fingerprint density at radius 2 is 1.69 bits per heavy atom. The van der Waals surface area contributed by atoms with Gasteiger partial charge in [0.05, 0.1) is 16.8 Å². The molecule has 0 aliphatic rings. The van der Waals surface area contributed by atoms with Crippen LogP contribution in [0.4, 0.5) is 5.69 Å². The van der Waals surface area contributed by atoms with Crippen LogP contribution in [0.3, 0.4) is 0 Å². The molecule has 1 N–H and O–H groups in total. The number of para-hydroxylation sites is 1. The number of benzene rings is 3. The summed E-state index contributed by atoms with van der Waals surface area (Å²) in [6, 6.07) is 23.5. The number of nitrogens with zero attached hydrogens (tertiary/aromatic N) is 1. The minimum Gasteiger partial charge on any atom is -0.423 e. The van der Waals surface area contributed by atoms with Gasteiger partial charge < -0.3 is 10.1 Å². The van der Waals surface area contributed by atoms with E-state index < -0.39 is 5.97 Å². The molecule has 1 aromatic heterocycles. The zero-order valence-corrected chi connectivity index (χ0v) is 16.7. The zero-order chi connectivity index (χ0) is 20.2. The third-order valence-electron chi connectivity index (χ3n) is 4.37. The number of pyridine rings is 1. The van der Waals surface area contributed by atoms with Gasteiger partial charge in [-0.05, 0) is 48.5 Å². The molecule has 4 rings (SSSR count). The highest BCUT2D eigenvalue weighted by Gasteiger charge is 2.16. The molecule has 0 saturated carbocycles. The molecule has 0 aliphatic heterocycles. The number of fused-ring (bicyclic) bond motifs is 1. The maximum absolute atomic E-state index is 12.9. The van der Waals surface area contributed by atoms with Crippen LogP contribution in [-0.4, -0.2) is 17.4 Å². The molecular weight excluding hydrogens is 432 g/mol. The fourth-order valence-corrected chi connectivity index (χ4v) is 3.23. The second kappa shape index (κ2) is 8.24. The van der Waals surface area contributed by atoms with Crippen LogP contribution in [0.1, 0.15) is 10.4 Å². The number of aromatic nitrogens is 1. The number of nitrogens with one attached hydrogen (secondary N) is 1. The van der Waals surface area contributed by atoms with Crippen LogP contribution in [0.2, 0.25) is 0 Å². The van der Waals surface area contributed by atoms with Gasteiger partial charge in [-0.3, -0.25) is 4.79 Å². The monoisotopic (exact) mass is 446 g/mol. The number of ether oxygens (including phenoxy) is 1. The molecule has 4 aromatic rings. The average Bonchev–Trinajstić information content (AvgIpc) is 2.75. The van der Waals surface area contributed by atoms with Crippen LogP contribution in [0.5, 0.6) is 5.75 Å². The Hall–Kier alpha value is -3.51. The predicted molar refractivity (Wildman–Crippen MR) is 116 cm³/mol. The fraction of sp³-hybridized carbons (Fsp3) is 0. The Kier molecular flexibility index (Phi) is 5.35. The molecule has 29 heavy (non-hydrogen) atoms. The number of amides is 1. The lowest BCUT2D eigenvalue weighted by atomic mass is 10.0. The van der Waals surface area contributed by atoms with Crippen molar-refractivity contribution in [2.45, 2.75) is 0 Å². The first-order valence-corrected chi connectivity index (χ1v) is 9.61. The topological polar surface area (TPSA) is 68.3 Å². The summed E-state index contributed by atoms with van der Waals surface area (Å²) >= 11 is 3.43.